The lowest BCUT2D eigenvalue weighted by atomic mass is 9.89. The second-order valence-electron chi connectivity index (χ2n) is 12.5. The second kappa shape index (κ2) is 16.1. The molecule has 13 heteroatoms. The van der Waals surface area contributed by atoms with Crippen LogP contribution in [0.4, 0.5) is 0 Å². The number of carbonyl (C=O) groups excluding carboxylic acids is 5. The number of primary amides is 1. The molecule has 1 aromatic carbocycles. The molecule has 2 fully saturated rings. The van der Waals surface area contributed by atoms with Gasteiger partial charge in [0.25, 0.3) is 0 Å². The summed E-state index contributed by atoms with van der Waals surface area (Å²) in [5, 5.41) is 18.1. The minimum Gasteiger partial charge on any atom is -0.497 e. The zero-order valence-electron chi connectivity index (χ0n) is 26.7. The summed E-state index contributed by atoms with van der Waals surface area (Å²) in [6.07, 6.45) is 6.09. The molecule has 0 bridgehead atoms. The van der Waals surface area contributed by atoms with E-state index >= 15 is 0 Å². The SMILES string of the molecule is COc1ccc(CC(NC(=O)C(C)NC(=O)CN2CCC(O)CC2)C(=O)NC(CC2=CCCC2)C(=O)C2(CCC(N)=O)CO2)cc1. The number of allylic oxidation sites excluding steroid dienone is 1. The summed E-state index contributed by atoms with van der Waals surface area (Å²) in [7, 11) is 1.55. The van der Waals surface area contributed by atoms with E-state index in [9.17, 15) is 29.1 Å². The number of nitrogens with one attached hydrogen (secondary N) is 3. The van der Waals surface area contributed by atoms with E-state index in [0.717, 1.165) is 30.4 Å². The first kappa shape index (κ1) is 35.1. The lowest BCUT2D eigenvalue weighted by Crippen LogP contribution is -2.57. The van der Waals surface area contributed by atoms with Gasteiger partial charge >= 0.3 is 0 Å². The maximum atomic E-state index is 13.9. The Labute approximate surface area is 269 Å². The molecule has 4 unspecified atom stereocenters. The number of epoxide rings is 1. The standard InChI is InChI=1S/C33H47N5O8/c1-21(35-29(41)19-38-15-12-24(39)13-16-38)31(43)37-27(18-23-7-9-25(45-2)10-8-23)32(44)36-26(17-22-5-3-4-6-22)30(42)33(20-46-33)14-11-28(34)40/h5,7-10,21,24,26-27,39H,3-4,6,11-20H2,1-2H3,(H2,34,40)(H,35,41)(H,36,44)(H,37,43). The Morgan fingerprint density at radius 2 is 1.72 bits per heavy atom. The number of benzene rings is 1. The van der Waals surface area contributed by atoms with E-state index in [-0.39, 0.29) is 50.2 Å². The van der Waals surface area contributed by atoms with E-state index < -0.39 is 41.4 Å². The molecule has 0 spiro atoms. The molecule has 4 atom stereocenters. The van der Waals surface area contributed by atoms with Gasteiger partial charge in [-0.05, 0) is 69.6 Å². The number of rotatable bonds is 17. The fourth-order valence-corrected chi connectivity index (χ4v) is 5.94. The summed E-state index contributed by atoms with van der Waals surface area (Å²) in [6, 6.07) is 4.14. The van der Waals surface area contributed by atoms with Crippen molar-refractivity contribution >= 4 is 29.4 Å². The number of amides is 4. The van der Waals surface area contributed by atoms with Crippen LogP contribution in [0.15, 0.2) is 35.9 Å². The Hall–Kier alpha value is -3.81. The number of piperidine rings is 1. The van der Waals surface area contributed by atoms with Gasteiger partial charge in [0.05, 0.1) is 32.4 Å². The van der Waals surface area contributed by atoms with Gasteiger partial charge in [0.2, 0.25) is 23.6 Å². The van der Waals surface area contributed by atoms with Crippen molar-refractivity contribution in [1.82, 2.24) is 20.9 Å². The molecule has 252 valence electrons. The first-order chi connectivity index (χ1) is 22.0. The molecule has 0 radical (unpaired) electrons. The summed E-state index contributed by atoms with van der Waals surface area (Å²) in [5.41, 5.74) is 5.96. The van der Waals surface area contributed by atoms with Crippen molar-refractivity contribution in [1.29, 1.82) is 0 Å². The summed E-state index contributed by atoms with van der Waals surface area (Å²) >= 11 is 0. The Kier molecular flexibility index (Phi) is 12.3. The minimum atomic E-state index is -1.17. The van der Waals surface area contributed by atoms with Crippen LogP contribution >= 0.6 is 0 Å². The van der Waals surface area contributed by atoms with Crippen LogP contribution in [0.5, 0.6) is 5.75 Å². The van der Waals surface area contributed by atoms with Gasteiger partial charge in [0, 0.05) is 25.9 Å². The van der Waals surface area contributed by atoms with Crippen LogP contribution in [0.1, 0.15) is 63.9 Å². The third-order valence-electron chi connectivity index (χ3n) is 8.88. The number of carbonyl (C=O) groups is 5. The fraction of sp³-hybridized carbons (Fsp3) is 0.606. The van der Waals surface area contributed by atoms with E-state index in [4.69, 9.17) is 15.2 Å². The highest BCUT2D eigenvalue weighted by molar-refractivity contribution is 5.99. The summed E-state index contributed by atoms with van der Waals surface area (Å²) in [4.78, 5) is 67.0. The Bertz CT molecular complexity index is 1290. The Morgan fingerprint density at radius 1 is 1.04 bits per heavy atom. The largest absolute Gasteiger partial charge is 0.497 e. The number of hydrogen-bond donors (Lipinski definition) is 5. The van der Waals surface area contributed by atoms with Crippen molar-refractivity contribution in [3.05, 3.63) is 41.5 Å². The van der Waals surface area contributed by atoms with Gasteiger partial charge in [-0.3, -0.25) is 28.9 Å². The molecule has 0 aromatic heterocycles. The van der Waals surface area contributed by atoms with Gasteiger partial charge in [-0.25, -0.2) is 0 Å². The number of hydrogen-bond acceptors (Lipinski definition) is 9. The molecule has 46 heavy (non-hydrogen) atoms. The first-order valence-electron chi connectivity index (χ1n) is 16.1. The number of methoxy groups -OCH3 is 1. The van der Waals surface area contributed by atoms with Crippen LogP contribution in [-0.4, -0.2) is 103 Å². The molecule has 4 rings (SSSR count). The monoisotopic (exact) mass is 641 g/mol. The Morgan fingerprint density at radius 3 is 2.30 bits per heavy atom. The van der Waals surface area contributed by atoms with Crippen molar-refractivity contribution in [3.63, 3.8) is 0 Å². The average Bonchev–Trinajstić information content (AvgIpc) is 3.66. The van der Waals surface area contributed by atoms with E-state index in [0.29, 0.717) is 38.1 Å². The maximum absolute atomic E-state index is 13.9. The fourth-order valence-electron chi connectivity index (χ4n) is 5.94. The van der Waals surface area contributed by atoms with Crippen molar-refractivity contribution in [2.24, 2.45) is 5.73 Å². The number of aliphatic hydroxyl groups excluding tert-OH is 1. The average molecular weight is 642 g/mol. The number of nitrogens with two attached hydrogens (primary N) is 1. The first-order valence-corrected chi connectivity index (χ1v) is 16.1. The van der Waals surface area contributed by atoms with E-state index in [2.05, 4.69) is 22.0 Å². The third-order valence-corrected chi connectivity index (χ3v) is 8.88. The summed E-state index contributed by atoms with van der Waals surface area (Å²) in [5.74, 6) is -1.68. The van der Waals surface area contributed by atoms with Crippen LogP contribution in [0, 0.1) is 0 Å². The topological polar surface area (TPSA) is 193 Å². The number of likely N-dealkylation sites (tertiary alicyclic amines) is 1. The summed E-state index contributed by atoms with van der Waals surface area (Å²) < 4.78 is 10.8. The highest BCUT2D eigenvalue weighted by Crippen LogP contribution is 2.36. The van der Waals surface area contributed by atoms with Crippen molar-refractivity contribution in [2.75, 3.05) is 33.4 Å². The maximum Gasteiger partial charge on any atom is 0.243 e. The van der Waals surface area contributed by atoms with E-state index in [1.54, 1.807) is 38.3 Å². The van der Waals surface area contributed by atoms with Crippen molar-refractivity contribution in [2.45, 2.75) is 94.5 Å². The van der Waals surface area contributed by atoms with Crippen molar-refractivity contribution < 1.29 is 38.6 Å². The predicted octanol–water partition coefficient (Wildman–Crippen LogP) is 0.273. The van der Waals surface area contributed by atoms with Gasteiger partial charge in [-0.1, -0.05) is 23.8 Å². The predicted molar refractivity (Wildman–Crippen MR) is 169 cm³/mol. The molecule has 6 N–H and O–H groups in total. The molecule has 13 nitrogen and oxygen atoms in total. The van der Waals surface area contributed by atoms with Gasteiger partial charge in [-0.2, -0.15) is 0 Å². The highest BCUT2D eigenvalue weighted by Gasteiger charge is 2.54. The molecule has 0 saturated carbocycles. The molecular weight excluding hydrogens is 594 g/mol. The second-order valence-corrected chi connectivity index (χ2v) is 12.5. The van der Waals surface area contributed by atoms with Crippen LogP contribution in [-0.2, 0) is 35.1 Å². The van der Waals surface area contributed by atoms with Crippen LogP contribution in [0.25, 0.3) is 0 Å². The number of nitrogens with zero attached hydrogens (tertiary/aromatic N) is 1. The minimum absolute atomic E-state index is 0.0193. The zero-order valence-corrected chi connectivity index (χ0v) is 26.7. The molecular formula is C33H47N5O8. The number of ketones is 1. The molecule has 1 aromatic rings. The molecule has 3 aliphatic rings. The quantitative estimate of drug-likeness (QED) is 0.117. The molecule has 2 saturated heterocycles. The van der Waals surface area contributed by atoms with E-state index in [1.807, 2.05) is 4.90 Å². The Balaban J connectivity index is 1.46. The lowest BCUT2D eigenvalue weighted by molar-refractivity contribution is -0.134. The van der Waals surface area contributed by atoms with Gasteiger partial charge < -0.3 is 36.3 Å². The van der Waals surface area contributed by atoms with Crippen LogP contribution in [0.3, 0.4) is 0 Å². The van der Waals surface area contributed by atoms with Gasteiger partial charge in [-0.15, -0.1) is 0 Å². The molecule has 1 aliphatic carbocycles. The molecule has 4 amide bonds. The van der Waals surface area contributed by atoms with E-state index in [1.165, 1.54) is 0 Å². The van der Waals surface area contributed by atoms with Gasteiger partial charge in [0.1, 0.15) is 17.8 Å². The normalized spacial score (nSPS) is 21.8. The molecule has 2 heterocycles. The smallest absolute Gasteiger partial charge is 0.243 e. The lowest BCUT2D eigenvalue weighted by Gasteiger charge is -2.29. The van der Waals surface area contributed by atoms with Crippen molar-refractivity contribution in [3.8, 4) is 5.75 Å². The number of ether oxygens (including phenoxy) is 2. The van der Waals surface area contributed by atoms with Crippen LogP contribution < -0.4 is 26.4 Å². The van der Waals surface area contributed by atoms with Crippen LogP contribution in [0.2, 0.25) is 0 Å². The highest BCUT2D eigenvalue weighted by atomic mass is 16.6. The summed E-state index contributed by atoms with van der Waals surface area (Å²) in [6.45, 7) is 2.96. The third kappa shape index (κ3) is 10.1. The zero-order chi connectivity index (χ0) is 33.3. The number of aliphatic hydroxyl groups is 1. The number of Topliss-reactive ketones (excluding diaryl/α,β-unsaturated/α-hetero) is 1. The molecule has 2 aliphatic heterocycles. The van der Waals surface area contributed by atoms with Gasteiger partial charge in [0.15, 0.2) is 11.4 Å².